The smallest absolute Gasteiger partial charge is 0.269 e. The van der Waals surface area contributed by atoms with Crippen LogP contribution in [0, 0.1) is 11.8 Å². The highest BCUT2D eigenvalue weighted by Gasteiger charge is 2.39. The van der Waals surface area contributed by atoms with Crippen molar-refractivity contribution in [2.45, 2.75) is 45.1 Å². The van der Waals surface area contributed by atoms with E-state index < -0.39 is 0 Å². The number of hydrogen-bond acceptors (Lipinski definition) is 3. The summed E-state index contributed by atoms with van der Waals surface area (Å²) < 4.78 is 0. The lowest BCUT2D eigenvalue weighted by molar-refractivity contribution is 0.0921. The van der Waals surface area contributed by atoms with Crippen molar-refractivity contribution in [1.29, 1.82) is 0 Å². The summed E-state index contributed by atoms with van der Waals surface area (Å²) in [7, 11) is 0. The number of nitrogens with one attached hydrogen (secondary N) is 2. The molecule has 0 spiro atoms. The molecule has 2 aliphatic rings. The molecule has 2 fully saturated rings. The van der Waals surface area contributed by atoms with E-state index >= 15 is 0 Å². The average Bonchev–Trinajstić information content (AvgIpc) is 3.05. The number of amides is 1. The Hall–Kier alpha value is -1.65. The highest BCUT2D eigenvalue weighted by molar-refractivity contribution is 5.97. The van der Waals surface area contributed by atoms with Crippen LogP contribution in [-0.4, -0.2) is 27.9 Å². The highest BCUT2D eigenvalue weighted by Crippen LogP contribution is 2.43. The molecule has 3 rings (SSSR count). The molecular weight excluding hydrogens is 242 g/mol. The fourth-order valence-electron chi connectivity index (χ4n) is 3.61. The van der Waals surface area contributed by atoms with Crippen LogP contribution in [0.4, 0.5) is 0 Å². The lowest BCUT2D eigenvalue weighted by atomic mass is 9.97. The van der Waals surface area contributed by atoms with Crippen LogP contribution in [0.25, 0.3) is 0 Å². The summed E-state index contributed by atoms with van der Waals surface area (Å²) in [5.74, 6) is 1.18. The van der Waals surface area contributed by atoms with Crippen molar-refractivity contribution >= 4 is 11.7 Å². The zero-order chi connectivity index (χ0) is 13.4. The zero-order valence-corrected chi connectivity index (χ0v) is 11.1. The molecule has 0 bridgehead atoms. The van der Waals surface area contributed by atoms with E-state index in [1.165, 1.54) is 38.7 Å². The van der Waals surface area contributed by atoms with Gasteiger partial charge in [-0.1, -0.05) is 12.8 Å². The SMILES string of the molecule is CC(=O)c1cc(C(=O)N[C@@H]2CC[C@H]3CCC[C@H]32)[nH]n1. The van der Waals surface area contributed by atoms with E-state index in [0.717, 1.165) is 12.3 Å². The van der Waals surface area contributed by atoms with Crippen molar-refractivity contribution in [3.05, 3.63) is 17.5 Å². The molecule has 0 unspecified atom stereocenters. The zero-order valence-electron chi connectivity index (χ0n) is 11.1. The summed E-state index contributed by atoms with van der Waals surface area (Å²) in [4.78, 5) is 23.3. The molecular formula is C14H19N3O2. The Morgan fingerprint density at radius 2 is 2.16 bits per heavy atom. The molecule has 19 heavy (non-hydrogen) atoms. The molecule has 1 aromatic rings. The summed E-state index contributed by atoms with van der Waals surface area (Å²) in [5, 5.41) is 9.58. The highest BCUT2D eigenvalue weighted by atomic mass is 16.2. The van der Waals surface area contributed by atoms with Gasteiger partial charge in [-0.2, -0.15) is 5.10 Å². The summed E-state index contributed by atoms with van der Waals surface area (Å²) in [5.41, 5.74) is 0.696. The van der Waals surface area contributed by atoms with Crippen molar-refractivity contribution in [2.24, 2.45) is 11.8 Å². The number of carbonyl (C=O) groups excluding carboxylic acids is 2. The number of carbonyl (C=O) groups is 2. The maximum Gasteiger partial charge on any atom is 0.269 e. The second-order valence-corrected chi connectivity index (χ2v) is 5.74. The molecule has 0 saturated heterocycles. The molecule has 1 heterocycles. The van der Waals surface area contributed by atoms with Gasteiger partial charge in [0.2, 0.25) is 0 Å². The topological polar surface area (TPSA) is 74.8 Å². The number of ketones is 1. The van der Waals surface area contributed by atoms with Crippen LogP contribution in [0.1, 0.15) is 60.0 Å². The molecule has 2 saturated carbocycles. The van der Waals surface area contributed by atoms with Gasteiger partial charge >= 0.3 is 0 Å². The van der Waals surface area contributed by atoms with Gasteiger partial charge < -0.3 is 5.32 Å². The molecule has 0 aliphatic heterocycles. The normalized spacial score (nSPS) is 29.2. The first-order valence-corrected chi connectivity index (χ1v) is 7.02. The van der Waals surface area contributed by atoms with Crippen LogP contribution in [0.15, 0.2) is 6.07 Å². The van der Waals surface area contributed by atoms with Crippen LogP contribution < -0.4 is 5.32 Å². The molecule has 0 radical (unpaired) electrons. The molecule has 102 valence electrons. The van der Waals surface area contributed by atoms with E-state index in [1.807, 2.05) is 0 Å². The number of H-pyrrole nitrogens is 1. The molecule has 1 aromatic heterocycles. The van der Waals surface area contributed by atoms with E-state index in [0.29, 0.717) is 23.3 Å². The van der Waals surface area contributed by atoms with Gasteiger partial charge in [-0.25, -0.2) is 0 Å². The number of Topliss-reactive ketones (excluding diaryl/α,β-unsaturated/α-hetero) is 1. The molecule has 2 aliphatic carbocycles. The van der Waals surface area contributed by atoms with E-state index in [-0.39, 0.29) is 11.7 Å². The van der Waals surface area contributed by atoms with E-state index in [9.17, 15) is 9.59 Å². The van der Waals surface area contributed by atoms with Crippen molar-refractivity contribution < 1.29 is 9.59 Å². The standard InChI is InChI=1S/C14H19N3O2/c1-8(18)12-7-13(17-16-12)14(19)15-11-6-5-9-3-2-4-10(9)11/h7,9-11H,2-6H2,1H3,(H,15,19)(H,16,17)/t9-,10-,11-/m1/s1. The number of rotatable bonds is 3. The minimum absolute atomic E-state index is 0.132. The van der Waals surface area contributed by atoms with Crippen molar-refractivity contribution in [1.82, 2.24) is 15.5 Å². The first-order valence-electron chi connectivity index (χ1n) is 7.02. The predicted molar refractivity (Wildman–Crippen MR) is 69.9 cm³/mol. The third kappa shape index (κ3) is 2.29. The Kier molecular flexibility index (Phi) is 3.12. The Balaban J connectivity index is 1.66. The van der Waals surface area contributed by atoms with Gasteiger partial charge in [0.15, 0.2) is 5.78 Å². The molecule has 0 aromatic carbocycles. The molecule has 3 atom stereocenters. The van der Waals surface area contributed by atoms with Crippen LogP contribution in [0.5, 0.6) is 0 Å². The van der Waals surface area contributed by atoms with Crippen molar-refractivity contribution in [2.75, 3.05) is 0 Å². The van der Waals surface area contributed by atoms with E-state index in [1.54, 1.807) is 0 Å². The first-order chi connectivity index (χ1) is 9.15. The second kappa shape index (κ2) is 4.79. The van der Waals surface area contributed by atoms with Gasteiger partial charge in [-0.15, -0.1) is 0 Å². The summed E-state index contributed by atoms with van der Waals surface area (Å²) in [6.07, 6.45) is 6.15. The molecule has 1 amide bonds. The lowest BCUT2D eigenvalue weighted by Crippen LogP contribution is -2.37. The Morgan fingerprint density at radius 1 is 1.32 bits per heavy atom. The van der Waals surface area contributed by atoms with E-state index in [2.05, 4.69) is 15.5 Å². The van der Waals surface area contributed by atoms with Gasteiger partial charge in [-0.05, 0) is 37.2 Å². The van der Waals surface area contributed by atoms with Gasteiger partial charge in [0.25, 0.3) is 5.91 Å². The fourth-order valence-corrected chi connectivity index (χ4v) is 3.61. The quantitative estimate of drug-likeness (QED) is 0.816. The minimum Gasteiger partial charge on any atom is -0.348 e. The summed E-state index contributed by atoms with van der Waals surface area (Å²) in [6, 6.07) is 1.82. The fraction of sp³-hybridized carbons (Fsp3) is 0.643. The Bertz CT molecular complexity index is 509. The molecule has 2 N–H and O–H groups in total. The van der Waals surface area contributed by atoms with Crippen LogP contribution in [0.3, 0.4) is 0 Å². The van der Waals surface area contributed by atoms with Crippen LogP contribution in [0.2, 0.25) is 0 Å². The van der Waals surface area contributed by atoms with Crippen LogP contribution >= 0.6 is 0 Å². The number of hydrogen-bond donors (Lipinski definition) is 2. The first kappa shape index (κ1) is 12.4. The second-order valence-electron chi connectivity index (χ2n) is 5.74. The largest absolute Gasteiger partial charge is 0.348 e. The van der Waals surface area contributed by atoms with Crippen molar-refractivity contribution in [3.8, 4) is 0 Å². The van der Waals surface area contributed by atoms with Gasteiger partial charge in [0.05, 0.1) is 0 Å². The average molecular weight is 261 g/mol. The summed E-state index contributed by atoms with van der Waals surface area (Å²) >= 11 is 0. The third-order valence-corrected chi connectivity index (χ3v) is 4.58. The van der Waals surface area contributed by atoms with Crippen LogP contribution in [-0.2, 0) is 0 Å². The van der Waals surface area contributed by atoms with Gasteiger partial charge in [-0.3, -0.25) is 14.7 Å². The molecule has 5 heteroatoms. The monoisotopic (exact) mass is 261 g/mol. The van der Waals surface area contributed by atoms with Gasteiger partial charge in [0, 0.05) is 13.0 Å². The maximum absolute atomic E-state index is 12.1. The minimum atomic E-state index is -0.141. The number of nitrogens with zero attached hydrogens (tertiary/aromatic N) is 1. The number of aromatic nitrogens is 2. The Morgan fingerprint density at radius 3 is 2.89 bits per heavy atom. The number of aromatic amines is 1. The predicted octanol–water partition coefficient (Wildman–Crippen LogP) is 1.92. The third-order valence-electron chi connectivity index (χ3n) is 4.58. The number of fused-ring (bicyclic) bond motifs is 1. The Labute approximate surface area is 112 Å². The lowest BCUT2D eigenvalue weighted by Gasteiger charge is -2.19. The van der Waals surface area contributed by atoms with Crippen molar-refractivity contribution in [3.63, 3.8) is 0 Å². The maximum atomic E-state index is 12.1. The summed E-state index contributed by atoms with van der Waals surface area (Å²) in [6.45, 7) is 1.44. The van der Waals surface area contributed by atoms with Gasteiger partial charge in [0.1, 0.15) is 11.4 Å². The van der Waals surface area contributed by atoms with E-state index in [4.69, 9.17) is 0 Å². The molecule has 5 nitrogen and oxygen atoms in total.